The fourth-order valence-corrected chi connectivity index (χ4v) is 3.85. The van der Waals surface area contributed by atoms with Gasteiger partial charge < -0.3 is 14.5 Å². The molecule has 28 heavy (non-hydrogen) atoms. The van der Waals surface area contributed by atoms with Crippen molar-refractivity contribution in [2.45, 2.75) is 20.1 Å². The largest absolute Gasteiger partial charge is 0.487 e. The molecule has 0 radical (unpaired) electrons. The maximum Gasteiger partial charge on any atom is 0.251 e. The summed E-state index contributed by atoms with van der Waals surface area (Å²) in [7, 11) is 0. The second-order valence-corrected chi connectivity index (χ2v) is 8.21. The molecule has 0 saturated heterocycles. The predicted octanol–water partition coefficient (Wildman–Crippen LogP) is 4.87. The van der Waals surface area contributed by atoms with Crippen LogP contribution in [0.4, 0.5) is 0 Å². The van der Waals surface area contributed by atoms with E-state index in [0.29, 0.717) is 28.8 Å². The molecule has 1 N–H and O–H groups in total. The average Bonchev–Trinajstić information content (AvgIpc) is 3.29. The van der Waals surface area contributed by atoms with Crippen molar-refractivity contribution in [1.29, 1.82) is 0 Å². The van der Waals surface area contributed by atoms with Gasteiger partial charge in [-0.3, -0.25) is 4.79 Å². The molecule has 4 aromatic rings. The molecule has 0 aliphatic carbocycles. The summed E-state index contributed by atoms with van der Waals surface area (Å²) in [6.07, 6.45) is 3.97. The van der Waals surface area contributed by atoms with Gasteiger partial charge in [-0.05, 0) is 48.9 Å². The van der Waals surface area contributed by atoms with Crippen LogP contribution in [0.5, 0.6) is 5.75 Å². The van der Waals surface area contributed by atoms with Crippen molar-refractivity contribution in [2.75, 3.05) is 0 Å². The second-order valence-electron chi connectivity index (χ2n) is 6.41. The number of carbonyl (C=O) groups excluding carboxylic acids is 1. The zero-order chi connectivity index (χ0) is 19.5. The fraction of sp³-hybridized carbons (Fsp3) is 0.143. The highest BCUT2D eigenvalue weighted by Gasteiger charge is 2.09. The summed E-state index contributed by atoms with van der Waals surface area (Å²) in [5, 5.41) is 2.89. The highest BCUT2D eigenvalue weighted by molar-refractivity contribution is 7.16. The van der Waals surface area contributed by atoms with Crippen molar-refractivity contribution in [3.05, 3.63) is 87.0 Å². The van der Waals surface area contributed by atoms with Crippen molar-refractivity contribution in [2.24, 2.45) is 0 Å². The lowest BCUT2D eigenvalue weighted by Crippen LogP contribution is -2.22. The normalized spacial score (nSPS) is 10.9. The Morgan fingerprint density at radius 2 is 2.11 bits per heavy atom. The summed E-state index contributed by atoms with van der Waals surface area (Å²) in [4.78, 5) is 17.9. The number of aromatic nitrogens is 2. The van der Waals surface area contributed by atoms with Gasteiger partial charge in [0, 0.05) is 22.8 Å². The van der Waals surface area contributed by atoms with Gasteiger partial charge in [-0.1, -0.05) is 23.7 Å². The third-order valence-electron chi connectivity index (χ3n) is 4.18. The summed E-state index contributed by atoms with van der Waals surface area (Å²) in [5.74, 6) is 0.471. The van der Waals surface area contributed by atoms with Crippen molar-refractivity contribution in [1.82, 2.24) is 14.7 Å². The summed E-state index contributed by atoms with van der Waals surface area (Å²) < 4.78 is 8.53. The molecule has 3 aromatic heterocycles. The molecule has 1 amide bonds. The SMILES string of the molecule is Cc1ccc2nc(COc3cccc(C(=O)NCc4ccc(Cl)s4)c3)cn2c1. The van der Waals surface area contributed by atoms with Crippen LogP contribution >= 0.6 is 22.9 Å². The minimum Gasteiger partial charge on any atom is -0.487 e. The number of pyridine rings is 1. The van der Waals surface area contributed by atoms with Crippen molar-refractivity contribution < 1.29 is 9.53 Å². The highest BCUT2D eigenvalue weighted by Crippen LogP contribution is 2.21. The van der Waals surface area contributed by atoms with Crippen LogP contribution in [0.1, 0.15) is 26.5 Å². The number of amides is 1. The number of nitrogens with zero attached hydrogens (tertiary/aromatic N) is 2. The minimum absolute atomic E-state index is 0.154. The number of nitrogens with one attached hydrogen (secondary N) is 1. The number of ether oxygens (including phenoxy) is 1. The van der Waals surface area contributed by atoms with Crippen LogP contribution in [0.3, 0.4) is 0 Å². The standard InChI is InChI=1S/C21H18ClN3O2S/c1-14-5-8-20-24-16(12-25(20)11-14)13-27-17-4-2-3-15(9-17)21(26)23-10-18-6-7-19(22)28-18/h2-9,11-12H,10,13H2,1H3,(H,23,26). The highest BCUT2D eigenvalue weighted by atomic mass is 35.5. The van der Waals surface area contributed by atoms with Gasteiger partial charge in [0.2, 0.25) is 0 Å². The molecule has 0 aliphatic heterocycles. The van der Waals surface area contributed by atoms with E-state index in [-0.39, 0.29) is 5.91 Å². The number of hydrogen-bond donors (Lipinski definition) is 1. The van der Waals surface area contributed by atoms with E-state index in [0.717, 1.165) is 16.2 Å². The lowest BCUT2D eigenvalue weighted by atomic mass is 10.2. The van der Waals surface area contributed by atoms with E-state index >= 15 is 0 Å². The number of imidazole rings is 1. The molecule has 0 bridgehead atoms. The first-order valence-corrected chi connectivity index (χ1v) is 9.96. The molecule has 3 heterocycles. The molecule has 7 heteroatoms. The molecule has 0 spiro atoms. The quantitative estimate of drug-likeness (QED) is 0.492. The molecule has 0 atom stereocenters. The summed E-state index contributed by atoms with van der Waals surface area (Å²) in [5.41, 5.74) is 3.42. The number of carbonyl (C=O) groups is 1. The summed E-state index contributed by atoms with van der Waals surface area (Å²) in [6, 6.07) is 14.9. The summed E-state index contributed by atoms with van der Waals surface area (Å²) in [6.45, 7) is 2.82. The van der Waals surface area contributed by atoms with Crippen LogP contribution in [-0.4, -0.2) is 15.3 Å². The van der Waals surface area contributed by atoms with Crippen molar-refractivity contribution in [3.8, 4) is 5.75 Å². The van der Waals surface area contributed by atoms with Gasteiger partial charge in [0.25, 0.3) is 5.91 Å². The second kappa shape index (κ2) is 8.04. The Morgan fingerprint density at radius 3 is 2.93 bits per heavy atom. The first-order chi connectivity index (χ1) is 13.6. The molecule has 5 nitrogen and oxygen atoms in total. The Bertz CT molecular complexity index is 1140. The molecule has 1 aromatic carbocycles. The van der Waals surface area contributed by atoms with Gasteiger partial charge >= 0.3 is 0 Å². The van der Waals surface area contributed by atoms with E-state index in [4.69, 9.17) is 16.3 Å². The molecule has 0 aliphatic rings. The van der Waals surface area contributed by atoms with Gasteiger partial charge in [0.1, 0.15) is 18.0 Å². The Labute approximate surface area is 171 Å². The Morgan fingerprint density at radius 1 is 1.21 bits per heavy atom. The fourth-order valence-electron chi connectivity index (χ4n) is 2.83. The lowest BCUT2D eigenvalue weighted by Gasteiger charge is -2.07. The maximum absolute atomic E-state index is 12.4. The number of hydrogen-bond acceptors (Lipinski definition) is 4. The van der Waals surface area contributed by atoms with Gasteiger partial charge in [-0.25, -0.2) is 4.98 Å². The Balaban J connectivity index is 1.39. The number of thiophene rings is 1. The smallest absolute Gasteiger partial charge is 0.251 e. The van der Waals surface area contributed by atoms with Crippen molar-refractivity contribution >= 4 is 34.5 Å². The molecular weight excluding hydrogens is 394 g/mol. The van der Waals surface area contributed by atoms with Crippen LogP contribution in [0.2, 0.25) is 4.34 Å². The first-order valence-electron chi connectivity index (χ1n) is 8.76. The van der Waals surface area contributed by atoms with E-state index in [1.165, 1.54) is 16.9 Å². The maximum atomic E-state index is 12.4. The number of fused-ring (bicyclic) bond motifs is 1. The number of rotatable bonds is 6. The molecule has 0 unspecified atom stereocenters. The molecule has 0 fully saturated rings. The molecular formula is C21H18ClN3O2S. The molecule has 142 valence electrons. The summed E-state index contributed by atoms with van der Waals surface area (Å²) >= 11 is 7.37. The van der Waals surface area contributed by atoms with Crippen LogP contribution in [0, 0.1) is 6.92 Å². The van der Waals surface area contributed by atoms with Crippen molar-refractivity contribution in [3.63, 3.8) is 0 Å². The minimum atomic E-state index is -0.154. The number of aryl methyl sites for hydroxylation is 1. The van der Waals surface area contributed by atoms with E-state index in [1.54, 1.807) is 18.2 Å². The lowest BCUT2D eigenvalue weighted by molar-refractivity contribution is 0.0951. The van der Waals surface area contributed by atoms with Gasteiger partial charge in [0.05, 0.1) is 16.6 Å². The van der Waals surface area contributed by atoms with Gasteiger partial charge in [-0.2, -0.15) is 0 Å². The third-order valence-corrected chi connectivity index (χ3v) is 5.41. The number of halogens is 1. The van der Waals surface area contributed by atoms with Crippen LogP contribution < -0.4 is 10.1 Å². The third kappa shape index (κ3) is 4.35. The Hall–Kier alpha value is -2.83. The van der Waals surface area contributed by atoms with E-state index in [1.807, 2.05) is 54.0 Å². The van der Waals surface area contributed by atoms with E-state index in [2.05, 4.69) is 10.3 Å². The van der Waals surface area contributed by atoms with E-state index in [9.17, 15) is 4.79 Å². The van der Waals surface area contributed by atoms with Crippen LogP contribution in [0.15, 0.2) is 60.9 Å². The zero-order valence-electron chi connectivity index (χ0n) is 15.2. The van der Waals surface area contributed by atoms with Crippen LogP contribution in [0.25, 0.3) is 5.65 Å². The first kappa shape index (κ1) is 18.5. The number of benzene rings is 1. The molecule has 0 saturated carbocycles. The average molecular weight is 412 g/mol. The predicted molar refractivity (Wildman–Crippen MR) is 111 cm³/mol. The van der Waals surface area contributed by atoms with Crippen LogP contribution in [-0.2, 0) is 13.2 Å². The van der Waals surface area contributed by atoms with Gasteiger partial charge in [0.15, 0.2) is 0 Å². The zero-order valence-corrected chi connectivity index (χ0v) is 16.8. The molecule has 4 rings (SSSR count). The monoisotopic (exact) mass is 411 g/mol. The van der Waals surface area contributed by atoms with Gasteiger partial charge in [-0.15, -0.1) is 11.3 Å². The Kier molecular flexibility index (Phi) is 5.32. The van der Waals surface area contributed by atoms with E-state index < -0.39 is 0 Å². The topological polar surface area (TPSA) is 55.6 Å².